The lowest BCUT2D eigenvalue weighted by Crippen LogP contribution is -2.36. The molecule has 0 aromatic heterocycles. The summed E-state index contributed by atoms with van der Waals surface area (Å²) in [6, 6.07) is 2.12. The second-order valence-corrected chi connectivity index (χ2v) is 11.1. The Hall–Kier alpha value is -2.17. The van der Waals surface area contributed by atoms with Gasteiger partial charge in [-0.2, -0.15) is 5.26 Å². The van der Waals surface area contributed by atoms with Crippen LogP contribution in [0.1, 0.15) is 79.1 Å². The summed E-state index contributed by atoms with van der Waals surface area (Å²) >= 11 is 0. The Balaban J connectivity index is 2.30. The Kier molecular flexibility index (Phi) is 11.5. The van der Waals surface area contributed by atoms with Gasteiger partial charge in [0.05, 0.1) is 30.3 Å². The minimum atomic E-state index is -0.857. The van der Waals surface area contributed by atoms with Gasteiger partial charge in [-0.3, -0.25) is 9.59 Å². The molecule has 2 aliphatic rings. The number of aliphatic hydroxyl groups excluding tert-OH is 2. The fourth-order valence-electron chi connectivity index (χ4n) is 6.01. The summed E-state index contributed by atoms with van der Waals surface area (Å²) in [4.78, 5) is 24.8. The topological polar surface area (TPSA) is 134 Å². The first-order chi connectivity index (χ1) is 16.5. The van der Waals surface area contributed by atoms with Crippen LogP contribution in [0.25, 0.3) is 0 Å². The molecule has 0 aromatic carbocycles. The average molecular weight is 489 g/mol. The van der Waals surface area contributed by atoms with E-state index < -0.39 is 24.3 Å². The standard InChI is InChI=1S/C28H44N2O5/c1-17-12-18(2)14-20(4)27(33)21(16-29)8-5-6-11-25(22-9-7-10-23(22)28(30)34)35-26(32)15-24(31)19(3)13-17/h5-6,8,17-20,22-25,27,31,33H,7,9-15H2,1-4H3,(H2,30,34)/b6-5+,21-8-/t17-,18+,19-,20-,22+,23+,24-,25-,27+/m0/s1. The van der Waals surface area contributed by atoms with E-state index in [1.165, 1.54) is 0 Å². The molecule has 4 N–H and O–H groups in total. The van der Waals surface area contributed by atoms with Gasteiger partial charge in [0.15, 0.2) is 0 Å². The zero-order valence-electron chi connectivity index (χ0n) is 21.7. The maximum atomic E-state index is 12.8. The SMILES string of the molecule is C[C@@H]1C[C@H](C)C[C@H](C)[C@@H](O)CC(=O)O[C@H]([C@@H]2CCC[C@H]2C(N)=O)C/C=C/C=C(/C#N)[C@H](O)[C@@H](C)C1. The predicted octanol–water partition coefficient (Wildman–Crippen LogP) is 4.04. The molecular formula is C28H44N2O5. The fourth-order valence-corrected chi connectivity index (χ4v) is 6.01. The highest BCUT2D eigenvalue weighted by Crippen LogP contribution is 2.37. The molecule has 7 heteroatoms. The number of allylic oxidation sites excluding steroid dienone is 2. The number of carbonyl (C=O) groups is 2. The van der Waals surface area contributed by atoms with E-state index in [9.17, 15) is 25.1 Å². The molecule has 9 atom stereocenters. The number of primary amides is 1. The predicted molar refractivity (Wildman–Crippen MR) is 134 cm³/mol. The molecule has 0 spiro atoms. The van der Waals surface area contributed by atoms with E-state index in [-0.39, 0.29) is 36.0 Å². The molecule has 0 radical (unpaired) electrons. The van der Waals surface area contributed by atoms with E-state index in [1.807, 2.05) is 13.8 Å². The van der Waals surface area contributed by atoms with Gasteiger partial charge in [0.2, 0.25) is 5.91 Å². The molecule has 1 aliphatic carbocycles. The van der Waals surface area contributed by atoms with Crippen molar-refractivity contribution in [3.05, 3.63) is 23.8 Å². The van der Waals surface area contributed by atoms with Gasteiger partial charge < -0.3 is 20.7 Å². The Labute approximate surface area is 210 Å². The highest BCUT2D eigenvalue weighted by Gasteiger charge is 2.38. The molecule has 1 saturated carbocycles. The molecule has 1 amide bonds. The van der Waals surface area contributed by atoms with E-state index in [2.05, 4.69) is 19.9 Å². The van der Waals surface area contributed by atoms with Gasteiger partial charge in [-0.25, -0.2) is 0 Å². The smallest absolute Gasteiger partial charge is 0.308 e. The Morgan fingerprint density at radius 2 is 1.74 bits per heavy atom. The summed E-state index contributed by atoms with van der Waals surface area (Å²) in [6.07, 6.45) is 7.96. The lowest BCUT2D eigenvalue weighted by atomic mass is 9.82. The van der Waals surface area contributed by atoms with Gasteiger partial charge in [-0.1, -0.05) is 46.3 Å². The van der Waals surface area contributed by atoms with Gasteiger partial charge in [0.1, 0.15) is 6.10 Å². The molecule has 35 heavy (non-hydrogen) atoms. The van der Waals surface area contributed by atoms with Crippen LogP contribution in [0.2, 0.25) is 0 Å². The highest BCUT2D eigenvalue weighted by atomic mass is 16.5. The van der Waals surface area contributed by atoms with Crippen LogP contribution in [-0.4, -0.2) is 40.4 Å². The molecule has 196 valence electrons. The first-order valence-electron chi connectivity index (χ1n) is 13.1. The quantitative estimate of drug-likeness (QED) is 0.502. The molecule has 0 unspecified atom stereocenters. The molecule has 1 fully saturated rings. The van der Waals surface area contributed by atoms with E-state index in [4.69, 9.17) is 10.5 Å². The van der Waals surface area contributed by atoms with Crippen LogP contribution in [0.3, 0.4) is 0 Å². The lowest BCUT2D eigenvalue weighted by Gasteiger charge is -2.28. The summed E-state index contributed by atoms with van der Waals surface area (Å²) in [5.74, 6) is -0.824. The molecule has 1 aliphatic heterocycles. The van der Waals surface area contributed by atoms with Crippen molar-refractivity contribution in [1.29, 1.82) is 5.26 Å². The third-order valence-electron chi connectivity index (χ3n) is 7.85. The number of rotatable bonds is 2. The number of nitriles is 1. The lowest BCUT2D eigenvalue weighted by molar-refractivity contribution is -0.156. The van der Waals surface area contributed by atoms with Crippen LogP contribution in [-0.2, 0) is 14.3 Å². The van der Waals surface area contributed by atoms with E-state index in [0.29, 0.717) is 30.3 Å². The van der Waals surface area contributed by atoms with Crippen molar-refractivity contribution >= 4 is 11.9 Å². The number of carbonyl (C=O) groups excluding carboxylic acids is 2. The van der Waals surface area contributed by atoms with Crippen LogP contribution in [0.5, 0.6) is 0 Å². The van der Waals surface area contributed by atoms with Crippen LogP contribution in [0.15, 0.2) is 23.8 Å². The number of aliphatic hydroxyl groups is 2. The summed E-state index contributed by atoms with van der Waals surface area (Å²) < 4.78 is 5.82. The van der Waals surface area contributed by atoms with Crippen molar-refractivity contribution in [2.75, 3.05) is 0 Å². The van der Waals surface area contributed by atoms with Crippen molar-refractivity contribution in [1.82, 2.24) is 0 Å². The highest BCUT2D eigenvalue weighted by molar-refractivity contribution is 5.77. The second-order valence-electron chi connectivity index (χ2n) is 11.1. The Morgan fingerprint density at radius 1 is 1.09 bits per heavy atom. The van der Waals surface area contributed by atoms with Crippen LogP contribution in [0, 0.1) is 46.8 Å². The molecule has 0 bridgehead atoms. The van der Waals surface area contributed by atoms with Gasteiger partial charge in [0.25, 0.3) is 0 Å². The molecule has 0 saturated heterocycles. The zero-order valence-corrected chi connectivity index (χ0v) is 21.7. The summed E-state index contributed by atoms with van der Waals surface area (Å²) in [5.41, 5.74) is 5.92. The Morgan fingerprint density at radius 3 is 2.37 bits per heavy atom. The number of hydrogen-bond acceptors (Lipinski definition) is 6. The first-order valence-corrected chi connectivity index (χ1v) is 13.1. The number of amides is 1. The minimum Gasteiger partial charge on any atom is -0.462 e. The van der Waals surface area contributed by atoms with E-state index in [1.54, 1.807) is 18.2 Å². The van der Waals surface area contributed by atoms with Crippen LogP contribution in [0.4, 0.5) is 0 Å². The summed E-state index contributed by atoms with van der Waals surface area (Å²) in [6.45, 7) is 8.21. The number of hydrogen-bond donors (Lipinski definition) is 3. The first kappa shape index (κ1) is 29.1. The molecular weight excluding hydrogens is 444 g/mol. The summed E-state index contributed by atoms with van der Waals surface area (Å²) in [5, 5.41) is 31.1. The van der Waals surface area contributed by atoms with Gasteiger partial charge in [-0.05, 0) is 61.9 Å². The number of cyclic esters (lactones) is 1. The molecule has 0 aromatic rings. The van der Waals surface area contributed by atoms with Crippen molar-refractivity contribution in [2.45, 2.75) is 97.4 Å². The normalized spacial score (nSPS) is 40.9. The summed E-state index contributed by atoms with van der Waals surface area (Å²) in [7, 11) is 0. The van der Waals surface area contributed by atoms with Gasteiger partial charge in [0, 0.05) is 18.3 Å². The van der Waals surface area contributed by atoms with Crippen LogP contribution < -0.4 is 5.73 Å². The maximum Gasteiger partial charge on any atom is 0.308 e. The Bertz CT molecular complexity index is 817. The fraction of sp³-hybridized carbons (Fsp3) is 0.750. The molecule has 1 heterocycles. The largest absolute Gasteiger partial charge is 0.462 e. The monoisotopic (exact) mass is 488 g/mol. The molecule has 2 rings (SSSR count). The average Bonchev–Trinajstić information content (AvgIpc) is 3.27. The van der Waals surface area contributed by atoms with E-state index >= 15 is 0 Å². The zero-order chi connectivity index (χ0) is 26.1. The number of esters is 1. The minimum absolute atomic E-state index is 0.0667. The molecule has 7 nitrogen and oxygen atoms in total. The number of ether oxygens (including phenoxy) is 1. The van der Waals surface area contributed by atoms with Crippen molar-refractivity contribution in [3.63, 3.8) is 0 Å². The third kappa shape index (κ3) is 8.77. The second kappa shape index (κ2) is 13.8. The maximum absolute atomic E-state index is 12.8. The number of nitrogens with two attached hydrogens (primary N) is 1. The van der Waals surface area contributed by atoms with Gasteiger partial charge in [-0.15, -0.1) is 0 Å². The number of nitrogens with zero attached hydrogens (tertiary/aromatic N) is 1. The van der Waals surface area contributed by atoms with E-state index in [0.717, 1.165) is 32.1 Å². The van der Waals surface area contributed by atoms with Crippen LogP contribution >= 0.6 is 0 Å². The van der Waals surface area contributed by atoms with Crippen molar-refractivity contribution in [2.24, 2.45) is 41.2 Å². The third-order valence-corrected chi connectivity index (χ3v) is 7.85. The van der Waals surface area contributed by atoms with Gasteiger partial charge >= 0.3 is 5.97 Å². The van der Waals surface area contributed by atoms with Crippen molar-refractivity contribution in [3.8, 4) is 6.07 Å². The van der Waals surface area contributed by atoms with Crippen molar-refractivity contribution < 1.29 is 24.5 Å².